The molecule has 2 N–H and O–H groups in total. The van der Waals surface area contributed by atoms with Crippen molar-refractivity contribution in [2.45, 2.75) is 20.0 Å². The lowest BCUT2D eigenvalue weighted by atomic mass is 10.1. The molecule has 1 aromatic carbocycles. The maximum absolute atomic E-state index is 10.9. The van der Waals surface area contributed by atoms with Crippen molar-refractivity contribution in [2.75, 3.05) is 0 Å². The molecule has 0 aliphatic rings. The Bertz CT molecular complexity index is 678. The second-order valence-corrected chi connectivity index (χ2v) is 4.49. The first-order valence-electron chi connectivity index (χ1n) is 6.24. The summed E-state index contributed by atoms with van der Waals surface area (Å²) in [4.78, 5) is 21.1. The molecule has 1 heterocycles. The predicted molar refractivity (Wildman–Crippen MR) is 74.0 cm³/mol. The SMILES string of the molecule is Cc1c(CNCc2ccc(C(=O)O)o2)cccc1[N+](=O)[O-]. The van der Waals surface area contributed by atoms with Crippen molar-refractivity contribution in [1.82, 2.24) is 5.32 Å². The second-order valence-electron chi connectivity index (χ2n) is 4.49. The number of carbonyl (C=O) groups is 1. The molecule has 0 radical (unpaired) electrons. The van der Waals surface area contributed by atoms with Crippen molar-refractivity contribution in [2.24, 2.45) is 0 Å². The van der Waals surface area contributed by atoms with Crippen LogP contribution in [-0.2, 0) is 13.1 Å². The van der Waals surface area contributed by atoms with Gasteiger partial charge in [0, 0.05) is 18.2 Å². The third kappa shape index (κ3) is 3.46. The highest BCUT2D eigenvalue weighted by Crippen LogP contribution is 2.21. The number of carboxylic acids is 1. The number of furan rings is 1. The first kappa shape index (κ1) is 14.7. The van der Waals surface area contributed by atoms with E-state index in [1.54, 1.807) is 25.1 Å². The molecule has 0 atom stereocenters. The third-order valence-electron chi connectivity index (χ3n) is 3.10. The Morgan fingerprint density at radius 3 is 2.71 bits per heavy atom. The summed E-state index contributed by atoms with van der Waals surface area (Å²) >= 11 is 0. The number of hydrogen-bond acceptors (Lipinski definition) is 5. The minimum absolute atomic E-state index is 0.0838. The Morgan fingerprint density at radius 2 is 2.10 bits per heavy atom. The lowest BCUT2D eigenvalue weighted by molar-refractivity contribution is -0.385. The highest BCUT2D eigenvalue weighted by molar-refractivity contribution is 5.84. The van der Waals surface area contributed by atoms with Crippen LogP contribution in [0.1, 0.15) is 27.4 Å². The van der Waals surface area contributed by atoms with E-state index in [1.807, 2.05) is 0 Å². The zero-order valence-corrected chi connectivity index (χ0v) is 11.3. The number of nitro groups is 1. The molecular formula is C14H14N2O5. The Hall–Kier alpha value is -2.67. The molecule has 1 aromatic heterocycles. The zero-order valence-electron chi connectivity index (χ0n) is 11.3. The summed E-state index contributed by atoms with van der Waals surface area (Å²) < 4.78 is 5.10. The fourth-order valence-electron chi connectivity index (χ4n) is 1.97. The van der Waals surface area contributed by atoms with Crippen molar-refractivity contribution < 1.29 is 19.2 Å². The molecule has 0 saturated heterocycles. The third-order valence-corrected chi connectivity index (χ3v) is 3.10. The van der Waals surface area contributed by atoms with Gasteiger partial charge in [-0.2, -0.15) is 0 Å². The highest BCUT2D eigenvalue weighted by atomic mass is 16.6. The van der Waals surface area contributed by atoms with Crippen molar-refractivity contribution >= 4 is 11.7 Å². The Morgan fingerprint density at radius 1 is 1.33 bits per heavy atom. The molecule has 0 aliphatic heterocycles. The number of nitrogens with one attached hydrogen (secondary N) is 1. The molecule has 2 rings (SSSR count). The summed E-state index contributed by atoms with van der Waals surface area (Å²) in [6, 6.07) is 7.87. The van der Waals surface area contributed by atoms with E-state index in [-0.39, 0.29) is 11.4 Å². The van der Waals surface area contributed by atoms with Crippen molar-refractivity contribution in [3.63, 3.8) is 0 Å². The largest absolute Gasteiger partial charge is 0.475 e. The van der Waals surface area contributed by atoms with Gasteiger partial charge in [-0.15, -0.1) is 0 Å². The van der Waals surface area contributed by atoms with Crippen LogP contribution in [0.5, 0.6) is 0 Å². The second kappa shape index (κ2) is 6.19. The molecule has 2 aromatic rings. The topological polar surface area (TPSA) is 106 Å². The summed E-state index contributed by atoms with van der Waals surface area (Å²) in [5.41, 5.74) is 1.51. The summed E-state index contributed by atoms with van der Waals surface area (Å²) in [6.45, 7) is 2.47. The van der Waals surface area contributed by atoms with Crippen LogP contribution in [-0.4, -0.2) is 16.0 Å². The van der Waals surface area contributed by atoms with Crippen LogP contribution < -0.4 is 5.32 Å². The van der Waals surface area contributed by atoms with Gasteiger partial charge in [-0.25, -0.2) is 4.79 Å². The Balaban J connectivity index is 1.98. The summed E-state index contributed by atoms with van der Waals surface area (Å²) in [6.07, 6.45) is 0. The monoisotopic (exact) mass is 290 g/mol. The summed E-state index contributed by atoms with van der Waals surface area (Å²) in [5, 5.41) is 22.7. The Kier molecular flexibility index (Phi) is 4.34. The van der Waals surface area contributed by atoms with E-state index in [9.17, 15) is 14.9 Å². The van der Waals surface area contributed by atoms with Gasteiger partial charge < -0.3 is 14.8 Å². The lowest BCUT2D eigenvalue weighted by Crippen LogP contribution is -2.13. The number of rotatable bonds is 6. The predicted octanol–water partition coefficient (Wildman–Crippen LogP) is 2.48. The average molecular weight is 290 g/mol. The van der Waals surface area contributed by atoms with Crippen molar-refractivity contribution in [1.29, 1.82) is 0 Å². The molecule has 0 aliphatic carbocycles. The van der Waals surface area contributed by atoms with Gasteiger partial charge in [-0.1, -0.05) is 12.1 Å². The molecule has 0 saturated carbocycles. The number of nitrogens with zero attached hydrogens (tertiary/aromatic N) is 1. The highest BCUT2D eigenvalue weighted by Gasteiger charge is 2.13. The fourth-order valence-corrected chi connectivity index (χ4v) is 1.97. The van der Waals surface area contributed by atoms with Crippen LogP contribution >= 0.6 is 0 Å². The van der Waals surface area contributed by atoms with Crippen LogP contribution in [0.4, 0.5) is 5.69 Å². The smallest absolute Gasteiger partial charge is 0.371 e. The molecule has 7 heteroatoms. The molecule has 7 nitrogen and oxygen atoms in total. The molecule has 21 heavy (non-hydrogen) atoms. The van der Waals surface area contributed by atoms with Crippen LogP contribution in [0.2, 0.25) is 0 Å². The van der Waals surface area contributed by atoms with Gasteiger partial charge in [0.05, 0.1) is 11.5 Å². The maximum atomic E-state index is 10.9. The molecular weight excluding hydrogens is 276 g/mol. The number of hydrogen-bond donors (Lipinski definition) is 2. The van der Waals surface area contributed by atoms with Gasteiger partial charge in [-0.3, -0.25) is 10.1 Å². The lowest BCUT2D eigenvalue weighted by Gasteiger charge is -2.07. The molecule has 0 amide bonds. The van der Waals surface area contributed by atoms with Gasteiger partial charge in [0.1, 0.15) is 5.76 Å². The van der Waals surface area contributed by atoms with E-state index in [4.69, 9.17) is 9.52 Å². The number of aromatic carboxylic acids is 1. The number of carboxylic acid groups (broad SMARTS) is 1. The van der Waals surface area contributed by atoms with Crippen molar-refractivity contribution in [3.05, 3.63) is 63.1 Å². The van der Waals surface area contributed by atoms with Crippen molar-refractivity contribution in [3.8, 4) is 0 Å². The minimum atomic E-state index is -1.12. The van der Waals surface area contributed by atoms with Gasteiger partial charge in [0.2, 0.25) is 5.76 Å². The molecule has 0 fully saturated rings. The van der Waals surface area contributed by atoms with Crippen LogP contribution in [0.25, 0.3) is 0 Å². The summed E-state index contributed by atoms with van der Waals surface area (Å²) in [7, 11) is 0. The maximum Gasteiger partial charge on any atom is 0.371 e. The van der Waals surface area contributed by atoms with E-state index in [0.29, 0.717) is 24.4 Å². The fraction of sp³-hybridized carbons (Fsp3) is 0.214. The first-order chi connectivity index (χ1) is 9.99. The molecule has 110 valence electrons. The van der Waals surface area contributed by atoms with E-state index in [0.717, 1.165) is 5.56 Å². The van der Waals surface area contributed by atoms with Gasteiger partial charge >= 0.3 is 5.97 Å². The van der Waals surface area contributed by atoms with Crippen LogP contribution in [0, 0.1) is 17.0 Å². The van der Waals surface area contributed by atoms with E-state index >= 15 is 0 Å². The molecule has 0 bridgehead atoms. The normalized spacial score (nSPS) is 10.5. The van der Waals surface area contributed by atoms with E-state index in [1.165, 1.54) is 12.1 Å². The Labute approximate surface area is 120 Å². The molecule has 0 spiro atoms. The van der Waals surface area contributed by atoms with Gasteiger partial charge in [0.15, 0.2) is 0 Å². The standard InChI is InChI=1S/C14H14N2O5/c1-9-10(3-2-4-12(9)16(19)20)7-15-8-11-5-6-13(21-11)14(17)18/h2-6,15H,7-8H2,1H3,(H,17,18). The number of benzene rings is 1. The van der Waals surface area contributed by atoms with Gasteiger partial charge in [0.25, 0.3) is 5.69 Å². The zero-order chi connectivity index (χ0) is 15.4. The first-order valence-corrected chi connectivity index (χ1v) is 6.24. The van der Waals surface area contributed by atoms with E-state index in [2.05, 4.69) is 5.32 Å². The van der Waals surface area contributed by atoms with Gasteiger partial charge in [-0.05, 0) is 24.6 Å². The number of nitro benzene ring substituents is 1. The quantitative estimate of drug-likeness (QED) is 0.625. The average Bonchev–Trinajstić information content (AvgIpc) is 2.89. The summed E-state index contributed by atoms with van der Waals surface area (Å²) in [5.74, 6) is -0.732. The van der Waals surface area contributed by atoms with E-state index < -0.39 is 10.9 Å². The molecule has 0 unspecified atom stereocenters. The minimum Gasteiger partial charge on any atom is -0.475 e. The van der Waals surface area contributed by atoms with Crippen LogP contribution in [0.15, 0.2) is 34.7 Å². The van der Waals surface area contributed by atoms with Crippen LogP contribution in [0.3, 0.4) is 0 Å².